The van der Waals surface area contributed by atoms with Gasteiger partial charge in [0.15, 0.2) is 0 Å². The van der Waals surface area contributed by atoms with E-state index >= 15 is 0 Å². The van der Waals surface area contributed by atoms with Gasteiger partial charge < -0.3 is 5.32 Å². The Kier molecular flexibility index (Phi) is 2.81. The molecule has 2 rings (SSSR count). The van der Waals surface area contributed by atoms with Crippen molar-refractivity contribution in [3.63, 3.8) is 0 Å². The van der Waals surface area contributed by atoms with Gasteiger partial charge in [-0.2, -0.15) is 0 Å². The van der Waals surface area contributed by atoms with Gasteiger partial charge >= 0.3 is 0 Å². The Balaban J connectivity index is 2.09. The van der Waals surface area contributed by atoms with E-state index in [4.69, 9.17) is 0 Å². The molecule has 5 nitrogen and oxygen atoms in total. The number of H-pyrrole nitrogens is 1. The molecule has 1 aliphatic carbocycles. The molecule has 0 unspecified atom stereocenters. The number of hydrogen-bond acceptors (Lipinski definition) is 3. The van der Waals surface area contributed by atoms with Crippen LogP contribution in [0.25, 0.3) is 0 Å². The van der Waals surface area contributed by atoms with Crippen molar-refractivity contribution in [3.05, 3.63) is 11.6 Å². The zero-order valence-electron chi connectivity index (χ0n) is 12.9. The van der Waals surface area contributed by atoms with Crippen molar-refractivity contribution < 1.29 is 4.79 Å². The Morgan fingerprint density at radius 3 is 2.11 bits per heavy atom. The van der Waals surface area contributed by atoms with Gasteiger partial charge in [0.2, 0.25) is 5.82 Å². The van der Waals surface area contributed by atoms with Crippen LogP contribution < -0.4 is 5.32 Å². The van der Waals surface area contributed by atoms with E-state index in [0.717, 1.165) is 5.82 Å². The molecule has 19 heavy (non-hydrogen) atoms. The van der Waals surface area contributed by atoms with Gasteiger partial charge in [-0.05, 0) is 10.8 Å². The standard InChI is InChI=1S/C14H24N4O/c1-12(2,3)11-15-8(17-18-11)9(19)16-10-13(4,5)14(10,6)7/h10H,1-7H3,(H,16,19)(H,15,17,18). The summed E-state index contributed by atoms with van der Waals surface area (Å²) in [5, 5.41) is 9.88. The maximum Gasteiger partial charge on any atom is 0.291 e. The van der Waals surface area contributed by atoms with Crippen molar-refractivity contribution in [2.75, 3.05) is 0 Å². The van der Waals surface area contributed by atoms with Crippen molar-refractivity contribution in [2.45, 2.75) is 59.9 Å². The van der Waals surface area contributed by atoms with E-state index in [1.807, 2.05) is 20.8 Å². The van der Waals surface area contributed by atoms with Gasteiger partial charge in [-0.25, -0.2) is 4.98 Å². The highest BCUT2D eigenvalue weighted by Crippen LogP contribution is 2.62. The lowest BCUT2D eigenvalue weighted by molar-refractivity contribution is 0.0933. The third kappa shape index (κ3) is 2.15. The third-order valence-corrected chi connectivity index (χ3v) is 4.70. The van der Waals surface area contributed by atoms with Gasteiger partial charge in [-0.15, -0.1) is 5.10 Å². The largest absolute Gasteiger partial charge is 0.345 e. The van der Waals surface area contributed by atoms with E-state index in [1.165, 1.54) is 0 Å². The van der Waals surface area contributed by atoms with E-state index in [-0.39, 0.29) is 34.0 Å². The number of aromatic nitrogens is 3. The number of carbonyl (C=O) groups excluding carboxylic acids is 1. The molecule has 1 aromatic heterocycles. The summed E-state index contributed by atoms with van der Waals surface area (Å²) in [7, 11) is 0. The minimum atomic E-state index is -0.199. The lowest BCUT2D eigenvalue weighted by atomic mass is 9.96. The lowest BCUT2D eigenvalue weighted by Crippen LogP contribution is -2.30. The van der Waals surface area contributed by atoms with E-state index in [1.54, 1.807) is 0 Å². The fourth-order valence-corrected chi connectivity index (χ4v) is 2.45. The van der Waals surface area contributed by atoms with Crippen molar-refractivity contribution in [3.8, 4) is 0 Å². The predicted octanol–water partition coefficient (Wildman–Crippen LogP) is 2.27. The summed E-state index contributed by atoms with van der Waals surface area (Å²) in [6.07, 6.45) is 0. The van der Waals surface area contributed by atoms with Crippen LogP contribution >= 0.6 is 0 Å². The first-order chi connectivity index (χ1) is 8.48. The van der Waals surface area contributed by atoms with Crippen molar-refractivity contribution >= 4 is 5.91 Å². The van der Waals surface area contributed by atoms with Crippen molar-refractivity contribution in [1.29, 1.82) is 0 Å². The van der Waals surface area contributed by atoms with Gasteiger partial charge in [-0.1, -0.05) is 48.5 Å². The molecular weight excluding hydrogens is 240 g/mol. The predicted molar refractivity (Wildman–Crippen MR) is 73.9 cm³/mol. The first kappa shape index (κ1) is 14.0. The zero-order valence-corrected chi connectivity index (χ0v) is 12.9. The van der Waals surface area contributed by atoms with Crippen LogP contribution in [0, 0.1) is 10.8 Å². The van der Waals surface area contributed by atoms with E-state index in [2.05, 4.69) is 48.2 Å². The summed E-state index contributed by atoms with van der Waals surface area (Å²) in [5.74, 6) is 0.755. The van der Waals surface area contributed by atoms with Crippen LogP contribution in [0.4, 0.5) is 0 Å². The minimum absolute atomic E-state index is 0.117. The SMILES string of the molecule is CC(C)(C)c1nc(C(=O)NC2C(C)(C)C2(C)C)n[nH]1. The zero-order chi connectivity index (χ0) is 14.6. The highest BCUT2D eigenvalue weighted by Gasteiger charge is 2.65. The second-order valence-electron chi connectivity index (χ2n) is 7.61. The summed E-state index contributed by atoms with van der Waals surface area (Å²) in [5.41, 5.74) is 0.0985. The molecule has 1 aliphatic rings. The molecule has 2 N–H and O–H groups in total. The third-order valence-electron chi connectivity index (χ3n) is 4.70. The monoisotopic (exact) mass is 264 g/mol. The van der Waals surface area contributed by atoms with Gasteiger partial charge in [0, 0.05) is 11.5 Å². The van der Waals surface area contributed by atoms with Crippen LogP contribution in [0.2, 0.25) is 0 Å². The first-order valence-corrected chi connectivity index (χ1v) is 6.71. The molecule has 106 valence electrons. The second-order valence-corrected chi connectivity index (χ2v) is 7.61. The maximum absolute atomic E-state index is 12.2. The molecule has 0 aromatic carbocycles. The molecule has 5 heteroatoms. The average Bonchev–Trinajstić information content (AvgIpc) is 2.69. The summed E-state index contributed by atoms with van der Waals surface area (Å²) < 4.78 is 0. The quantitative estimate of drug-likeness (QED) is 0.860. The lowest BCUT2D eigenvalue weighted by Gasteiger charge is -2.12. The van der Waals surface area contributed by atoms with E-state index in [9.17, 15) is 4.79 Å². The minimum Gasteiger partial charge on any atom is -0.345 e. The fourth-order valence-electron chi connectivity index (χ4n) is 2.45. The van der Waals surface area contributed by atoms with Gasteiger partial charge in [0.25, 0.3) is 5.91 Å². The summed E-state index contributed by atoms with van der Waals surface area (Å²) in [6.45, 7) is 14.7. The molecule has 0 aliphatic heterocycles. The smallest absolute Gasteiger partial charge is 0.291 e. The number of nitrogens with zero attached hydrogens (tertiary/aromatic N) is 2. The van der Waals surface area contributed by atoms with Crippen LogP contribution in [-0.2, 0) is 5.41 Å². The molecule has 0 saturated heterocycles. The molecule has 1 heterocycles. The molecule has 1 fully saturated rings. The number of aromatic amines is 1. The average molecular weight is 264 g/mol. The van der Waals surface area contributed by atoms with Gasteiger partial charge in [-0.3, -0.25) is 9.89 Å². The maximum atomic E-state index is 12.2. The number of nitrogens with one attached hydrogen (secondary N) is 2. The topological polar surface area (TPSA) is 70.7 Å². The van der Waals surface area contributed by atoms with Crippen LogP contribution in [0.1, 0.15) is 64.9 Å². The number of carbonyl (C=O) groups is 1. The van der Waals surface area contributed by atoms with Crippen LogP contribution in [-0.4, -0.2) is 27.1 Å². The number of hydrogen-bond donors (Lipinski definition) is 2. The highest BCUT2D eigenvalue weighted by molar-refractivity contribution is 5.91. The Hall–Kier alpha value is -1.39. The second kappa shape index (κ2) is 3.81. The molecule has 0 bridgehead atoms. The summed E-state index contributed by atoms with van der Waals surface area (Å²) in [6, 6.07) is 0.170. The van der Waals surface area contributed by atoms with Crippen molar-refractivity contribution in [2.24, 2.45) is 10.8 Å². The number of amides is 1. The Morgan fingerprint density at radius 2 is 1.74 bits per heavy atom. The van der Waals surface area contributed by atoms with E-state index in [0.29, 0.717) is 0 Å². The first-order valence-electron chi connectivity index (χ1n) is 6.71. The van der Waals surface area contributed by atoms with Crippen LogP contribution in [0.3, 0.4) is 0 Å². The van der Waals surface area contributed by atoms with Crippen LogP contribution in [0.15, 0.2) is 0 Å². The fraction of sp³-hybridized carbons (Fsp3) is 0.786. The van der Waals surface area contributed by atoms with Crippen molar-refractivity contribution in [1.82, 2.24) is 20.5 Å². The van der Waals surface area contributed by atoms with Crippen LogP contribution in [0.5, 0.6) is 0 Å². The molecular formula is C14H24N4O. The highest BCUT2D eigenvalue weighted by atomic mass is 16.2. The Bertz CT molecular complexity index is 494. The summed E-state index contributed by atoms with van der Waals surface area (Å²) in [4.78, 5) is 16.4. The molecule has 0 atom stereocenters. The Morgan fingerprint density at radius 1 is 1.21 bits per heavy atom. The number of rotatable bonds is 2. The Labute approximate surface area is 114 Å². The normalized spacial score (nSPS) is 21.2. The molecule has 1 aromatic rings. The van der Waals surface area contributed by atoms with Gasteiger partial charge in [0.05, 0.1) is 0 Å². The molecule has 1 amide bonds. The summed E-state index contributed by atoms with van der Waals surface area (Å²) >= 11 is 0. The molecule has 0 radical (unpaired) electrons. The van der Waals surface area contributed by atoms with E-state index < -0.39 is 0 Å². The van der Waals surface area contributed by atoms with Gasteiger partial charge in [0.1, 0.15) is 5.82 Å². The molecule has 0 spiro atoms. The molecule has 1 saturated carbocycles.